The van der Waals surface area contributed by atoms with Gasteiger partial charge in [0.15, 0.2) is 17.2 Å². The fourth-order valence-electron chi connectivity index (χ4n) is 1.07. The first-order chi connectivity index (χ1) is 7.11. The topological polar surface area (TPSA) is 76.7 Å². The zero-order valence-electron chi connectivity index (χ0n) is 7.64. The number of pyridine rings is 1. The van der Waals surface area contributed by atoms with Crippen LogP contribution in [0.3, 0.4) is 0 Å². The summed E-state index contributed by atoms with van der Waals surface area (Å²) in [7, 11) is 1.19. The Morgan fingerprint density at radius 3 is 3.07 bits per heavy atom. The highest BCUT2D eigenvalue weighted by molar-refractivity contribution is 5.85. The van der Waals surface area contributed by atoms with Gasteiger partial charge in [-0.2, -0.15) is 0 Å². The largest absolute Gasteiger partial charge is 0.504 e. The van der Waals surface area contributed by atoms with Crippen molar-refractivity contribution in [1.29, 1.82) is 0 Å². The highest BCUT2D eigenvalue weighted by atomic mass is 19.1. The van der Waals surface area contributed by atoms with Crippen LogP contribution in [-0.4, -0.2) is 32.8 Å². The monoisotopic (exact) mass is 211 g/mol. The van der Waals surface area contributed by atoms with Gasteiger partial charge in [0, 0.05) is 6.07 Å². The molecule has 0 aliphatic carbocycles. The molecule has 78 valence electrons. The number of aromatic nitrogens is 3. The maximum Gasteiger partial charge on any atom is 0.377 e. The van der Waals surface area contributed by atoms with Crippen LogP contribution >= 0.6 is 0 Å². The fraction of sp³-hybridized carbons (Fsp3) is 0.125. The maximum atomic E-state index is 12.9. The Kier molecular flexibility index (Phi) is 2.00. The number of fused-ring (bicyclic) bond motifs is 1. The molecule has 2 heterocycles. The van der Waals surface area contributed by atoms with E-state index in [0.29, 0.717) is 0 Å². The van der Waals surface area contributed by atoms with E-state index in [9.17, 15) is 9.18 Å². The second-order valence-electron chi connectivity index (χ2n) is 2.74. The number of carbonyl (C=O) groups excluding carboxylic acids is 1. The van der Waals surface area contributed by atoms with Crippen LogP contribution < -0.4 is 0 Å². The van der Waals surface area contributed by atoms with Gasteiger partial charge in [-0.3, -0.25) is 0 Å². The Bertz CT molecular complexity index is 498. The van der Waals surface area contributed by atoms with Crippen LogP contribution in [0.15, 0.2) is 12.3 Å². The molecule has 1 N–H and O–H groups in total. The van der Waals surface area contributed by atoms with Crippen LogP contribution in [-0.2, 0) is 4.74 Å². The minimum absolute atomic E-state index is 0.116. The van der Waals surface area contributed by atoms with Gasteiger partial charge in [0.1, 0.15) is 0 Å². The molecule has 0 spiro atoms. The van der Waals surface area contributed by atoms with E-state index in [1.807, 2.05) is 0 Å². The van der Waals surface area contributed by atoms with Gasteiger partial charge in [-0.05, 0) is 0 Å². The van der Waals surface area contributed by atoms with Crippen LogP contribution in [0, 0.1) is 5.82 Å². The van der Waals surface area contributed by atoms with E-state index in [4.69, 9.17) is 5.11 Å². The molecule has 2 aromatic heterocycles. The lowest BCUT2D eigenvalue weighted by atomic mass is 10.4. The van der Waals surface area contributed by atoms with Crippen LogP contribution in [0.25, 0.3) is 5.65 Å². The van der Waals surface area contributed by atoms with Gasteiger partial charge in [0.05, 0.1) is 13.3 Å². The smallest absolute Gasteiger partial charge is 0.377 e. The van der Waals surface area contributed by atoms with Crippen molar-refractivity contribution in [2.45, 2.75) is 0 Å². The molecule has 0 aliphatic rings. The Hall–Kier alpha value is -2.18. The second-order valence-corrected chi connectivity index (χ2v) is 2.74. The van der Waals surface area contributed by atoms with E-state index < -0.39 is 17.5 Å². The number of carbonyl (C=O) groups is 1. The summed E-state index contributed by atoms with van der Waals surface area (Å²) in [5.41, 5.74) is 0.116. The third kappa shape index (κ3) is 1.47. The summed E-state index contributed by atoms with van der Waals surface area (Å²) in [6, 6.07) is 0.967. The second kappa shape index (κ2) is 3.19. The predicted octanol–water partition coefficient (Wildman–Crippen LogP) is 0.361. The maximum absolute atomic E-state index is 12.9. The summed E-state index contributed by atoms with van der Waals surface area (Å²) in [5, 5.41) is 12.7. The number of nitrogens with zero attached hydrogens (tertiary/aromatic N) is 3. The lowest BCUT2D eigenvalue weighted by Crippen LogP contribution is -2.03. The third-order valence-electron chi connectivity index (χ3n) is 1.77. The molecule has 0 amide bonds. The van der Waals surface area contributed by atoms with Gasteiger partial charge in [0.25, 0.3) is 5.82 Å². The molecular weight excluding hydrogens is 205 g/mol. The van der Waals surface area contributed by atoms with E-state index in [2.05, 4.69) is 14.8 Å². The summed E-state index contributed by atoms with van der Waals surface area (Å²) in [4.78, 5) is 14.7. The van der Waals surface area contributed by atoms with Gasteiger partial charge >= 0.3 is 5.97 Å². The number of hydrogen-bond acceptors (Lipinski definition) is 5. The molecule has 0 bridgehead atoms. The van der Waals surface area contributed by atoms with E-state index in [1.165, 1.54) is 7.11 Å². The normalized spacial score (nSPS) is 10.5. The van der Waals surface area contributed by atoms with Crippen LogP contribution in [0.2, 0.25) is 0 Å². The summed E-state index contributed by atoms with van der Waals surface area (Å²) in [6.45, 7) is 0. The number of ether oxygens (including phenoxy) is 1. The van der Waals surface area contributed by atoms with Crippen molar-refractivity contribution in [1.82, 2.24) is 14.6 Å². The number of halogens is 1. The Morgan fingerprint density at radius 1 is 1.67 bits per heavy atom. The Balaban J connectivity index is 2.61. The van der Waals surface area contributed by atoms with E-state index in [1.54, 1.807) is 0 Å². The molecular formula is C8H6FN3O3. The van der Waals surface area contributed by atoms with Crippen LogP contribution in [0.4, 0.5) is 4.39 Å². The summed E-state index contributed by atoms with van der Waals surface area (Å²) in [6.07, 6.45) is 1.02. The molecule has 0 saturated heterocycles. The fourth-order valence-corrected chi connectivity index (χ4v) is 1.07. The molecule has 2 aromatic rings. The molecule has 0 fully saturated rings. The predicted molar refractivity (Wildman–Crippen MR) is 45.9 cm³/mol. The van der Waals surface area contributed by atoms with Gasteiger partial charge in [-0.25, -0.2) is 18.7 Å². The molecule has 15 heavy (non-hydrogen) atoms. The lowest BCUT2D eigenvalue weighted by molar-refractivity contribution is 0.0587. The number of esters is 1. The van der Waals surface area contributed by atoms with Gasteiger partial charge in [-0.1, -0.05) is 0 Å². The highest BCUT2D eigenvalue weighted by Crippen LogP contribution is 2.15. The highest BCUT2D eigenvalue weighted by Gasteiger charge is 2.14. The number of methoxy groups -OCH3 is 1. The van der Waals surface area contributed by atoms with Crippen molar-refractivity contribution in [2.75, 3.05) is 7.11 Å². The molecule has 0 aromatic carbocycles. The van der Waals surface area contributed by atoms with Gasteiger partial charge in [0.2, 0.25) is 0 Å². The standard InChI is InChI=1S/C8H6FN3O3/c1-15-8(14)7-10-6-2-4(9)5(13)3-12(6)11-7/h2-3,13H,1H3. The zero-order chi connectivity index (χ0) is 11.0. The van der Waals surface area contributed by atoms with Crippen molar-refractivity contribution in [3.8, 4) is 5.75 Å². The van der Waals surface area contributed by atoms with Crippen LogP contribution in [0.1, 0.15) is 10.6 Å². The number of aromatic hydroxyl groups is 1. The van der Waals surface area contributed by atoms with Crippen molar-refractivity contribution >= 4 is 11.6 Å². The molecule has 0 unspecified atom stereocenters. The summed E-state index contributed by atoms with van der Waals surface area (Å²) >= 11 is 0. The molecule has 0 saturated carbocycles. The van der Waals surface area contributed by atoms with E-state index in [-0.39, 0.29) is 11.5 Å². The molecule has 6 nitrogen and oxygen atoms in total. The molecule has 0 atom stereocenters. The molecule has 0 aliphatic heterocycles. The van der Waals surface area contributed by atoms with E-state index in [0.717, 1.165) is 16.8 Å². The zero-order valence-corrected chi connectivity index (χ0v) is 7.64. The third-order valence-corrected chi connectivity index (χ3v) is 1.77. The lowest BCUT2D eigenvalue weighted by Gasteiger charge is -1.94. The van der Waals surface area contributed by atoms with Crippen molar-refractivity contribution in [3.63, 3.8) is 0 Å². The Morgan fingerprint density at radius 2 is 2.40 bits per heavy atom. The number of hydrogen-bond donors (Lipinski definition) is 1. The Labute approximate surface area is 82.9 Å². The molecule has 2 rings (SSSR count). The first-order valence-electron chi connectivity index (χ1n) is 3.95. The first kappa shape index (κ1) is 9.38. The number of rotatable bonds is 1. The minimum Gasteiger partial charge on any atom is -0.504 e. The van der Waals surface area contributed by atoms with Crippen molar-refractivity contribution in [2.24, 2.45) is 0 Å². The minimum atomic E-state index is -0.827. The van der Waals surface area contributed by atoms with Gasteiger partial charge < -0.3 is 9.84 Å². The SMILES string of the molecule is COC(=O)c1nc2cc(F)c(O)cn2n1. The summed E-state index contributed by atoms with van der Waals surface area (Å²) < 4.78 is 18.4. The van der Waals surface area contributed by atoms with Gasteiger partial charge in [-0.15, -0.1) is 5.10 Å². The quantitative estimate of drug-likeness (QED) is 0.689. The molecule has 0 radical (unpaired) electrons. The molecule has 7 heteroatoms. The average molecular weight is 211 g/mol. The van der Waals surface area contributed by atoms with Crippen LogP contribution in [0.5, 0.6) is 5.75 Å². The average Bonchev–Trinajstić information content (AvgIpc) is 2.60. The first-order valence-corrected chi connectivity index (χ1v) is 3.95. The summed E-state index contributed by atoms with van der Waals surface area (Å²) in [5.74, 6) is -2.31. The van der Waals surface area contributed by atoms with Crippen molar-refractivity contribution in [3.05, 3.63) is 23.9 Å². The van der Waals surface area contributed by atoms with Crippen molar-refractivity contribution < 1.29 is 19.0 Å². The van der Waals surface area contributed by atoms with E-state index >= 15 is 0 Å².